The third-order valence-electron chi connectivity index (χ3n) is 15.5. The maximum Gasteiger partial charge on any atom is 0.252 e. The van der Waals surface area contributed by atoms with Gasteiger partial charge in [-0.25, -0.2) is 0 Å². The monoisotopic (exact) mass is 873 g/mol. The van der Waals surface area contributed by atoms with E-state index < -0.39 is 0 Å². The van der Waals surface area contributed by atoms with Crippen molar-refractivity contribution in [1.82, 2.24) is 0 Å². The summed E-state index contributed by atoms with van der Waals surface area (Å²) in [5.74, 6) is 0. The number of nitrogens with zero attached hydrogens (tertiary/aromatic N) is 2. The van der Waals surface area contributed by atoms with E-state index in [4.69, 9.17) is 0 Å². The number of hydrogen-bond acceptors (Lipinski definition) is 2. The van der Waals surface area contributed by atoms with Crippen LogP contribution in [0.25, 0.3) is 22.3 Å². The van der Waals surface area contributed by atoms with E-state index in [1.54, 1.807) is 5.57 Å². The Labute approximate surface area is 401 Å². The zero-order chi connectivity index (χ0) is 46.9. The summed E-state index contributed by atoms with van der Waals surface area (Å²) in [4.78, 5) is 5.21. The first-order chi connectivity index (χ1) is 31.8. The first kappa shape index (κ1) is 43.3. The van der Waals surface area contributed by atoms with Gasteiger partial charge in [-0.1, -0.05) is 185 Å². The zero-order valence-corrected chi connectivity index (χ0v) is 41.8. The zero-order valence-electron chi connectivity index (χ0n) is 41.8. The van der Waals surface area contributed by atoms with E-state index in [-0.39, 0.29) is 28.4 Å². The predicted octanol–water partition coefficient (Wildman–Crippen LogP) is 15.6. The van der Waals surface area contributed by atoms with Crippen molar-refractivity contribution in [3.05, 3.63) is 196 Å². The van der Waals surface area contributed by atoms with Crippen LogP contribution in [-0.4, -0.2) is 6.71 Å². The average Bonchev–Trinajstić information content (AvgIpc) is 3.53. The molecule has 0 saturated carbocycles. The van der Waals surface area contributed by atoms with Gasteiger partial charge in [0.05, 0.1) is 5.69 Å². The van der Waals surface area contributed by atoms with Crippen LogP contribution >= 0.6 is 0 Å². The molecule has 2 heterocycles. The molecule has 0 bridgehead atoms. The lowest BCUT2D eigenvalue weighted by molar-refractivity contribution is 0.590. The van der Waals surface area contributed by atoms with Crippen LogP contribution in [0.5, 0.6) is 0 Å². The molecular weight excluding hydrogens is 808 g/mol. The number of hydrogen-bond donors (Lipinski definition) is 0. The van der Waals surface area contributed by atoms with Gasteiger partial charge in [-0.3, -0.25) is 0 Å². The van der Waals surface area contributed by atoms with Crippen molar-refractivity contribution in [2.45, 2.75) is 118 Å². The SMILES string of the molecule is Cc1cc2c3c(c1)N(c1ccc(C(C)(C)C)cc1-c1ccccc1)c1cc(C(C)(C)C)ccc1B3c1cc(C(C)(C)C)ccc1N2c1ccc(C2=CCCC3=C2c2ccccc2C3(C)C)cc1. The number of benzene rings is 7. The third kappa shape index (κ3) is 6.90. The summed E-state index contributed by atoms with van der Waals surface area (Å²) in [5, 5.41) is 0. The molecule has 0 aromatic heterocycles. The molecule has 7 aromatic carbocycles. The maximum atomic E-state index is 2.63. The van der Waals surface area contributed by atoms with Crippen LogP contribution in [0.15, 0.2) is 157 Å². The molecule has 67 heavy (non-hydrogen) atoms. The van der Waals surface area contributed by atoms with E-state index in [1.807, 2.05) is 0 Å². The first-order valence-electron chi connectivity index (χ1n) is 24.7. The Morgan fingerprint density at radius 3 is 1.78 bits per heavy atom. The fourth-order valence-electron chi connectivity index (χ4n) is 11.8. The summed E-state index contributed by atoms with van der Waals surface area (Å²) in [6.45, 7) is 28.2. The van der Waals surface area contributed by atoms with Crippen LogP contribution in [0.4, 0.5) is 34.1 Å². The molecule has 4 aliphatic rings. The minimum Gasteiger partial charge on any atom is -0.311 e. The van der Waals surface area contributed by atoms with Crippen LogP contribution in [0, 0.1) is 6.92 Å². The average molecular weight is 873 g/mol. The van der Waals surface area contributed by atoms with Crippen LogP contribution in [0.2, 0.25) is 0 Å². The molecule has 0 atom stereocenters. The molecule has 3 heteroatoms. The van der Waals surface area contributed by atoms with Crippen molar-refractivity contribution in [2.24, 2.45) is 0 Å². The Hall–Kier alpha value is -6.32. The highest BCUT2D eigenvalue weighted by atomic mass is 15.2. The van der Waals surface area contributed by atoms with Crippen LogP contribution < -0.4 is 26.2 Å². The van der Waals surface area contributed by atoms with Gasteiger partial charge in [-0.15, -0.1) is 0 Å². The summed E-state index contributed by atoms with van der Waals surface area (Å²) < 4.78 is 0. The summed E-state index contributed by atoms with van der Waals surface area (Å²) in [6.07, 6.45) is 4.68. The largest absolute Gasteiger partial charge is 0.311 e. The Balaban J connectivity index is 1.15. The van der Waals surface area contributed by atoms with Gasteiger partial charge < -0.3 is 9.80 Å². The lowest BCUT2D eigenvalue weighted by Gasteiger charge is -2.45. The van der Waals surface area contributed by atoms with Gasteiger partial charge in [0.25, 0.3) is 6.71 Å². The number of anilines is 6. The van der Waals surface area contributed by atoms with E-state index in [0.717, 1.165) is 12.8 Å². The highest BCUT2D eigenvalue weighted by Gasteiger charge is 2.45. The number of allylic oxidation sites excluding steroid dienone is 4. The molecular formula is C64H65BN2. The molecule has 334 valence electrons. The van der Waals surface area contributed by atoms with Crippen LogP contribution in [-0.2, 0) is 21.7 Å². The lowest BCUT2D eigenvalue weighted by Crippen LogP contribution is -2.61. The minimum absolute atomic E-state index is 0.00960. The highest BCUT2D eigenvalue weighted by molar-refractivity contribution is 7.00. The standard InChI is InChI=1S/C64H65BN2/c1-40-35-57-60-58(36-40)67(54-33-28-43(61(2,3)4)37-49(54)41-19-14-13-15-20-41)56-39-45(63(8,9)10)27-32-52(56)65(60)53-38-44(62(5,6)7)29-34-55(53)66(57)46-30-25-42(26-31-46)47-22-18-24-51-59(47)48-21-16-17-23-50(48)64(51,11)12/h13-17,19-23,25-39H,18,24H2,1-12H3. The van der Waals surface area contributed by atoms with Gasteiger partial charge in [0.15, 0.2) is 0 Å². The third-order valence-corrected chi connectivity index (χ3v) is 15.5. The minimum atomic E-state index is -0.0347. The Kier molecular flexibility index (Phi) is 9.75. The van der Waals surface area contributed by atoms with Crippen molar-refractivity contribution < 1.29 is 0 Å². The quantitative estimate of drug-likeness (QED) is 0.163. The normalized spacial score (nSPS) is 16.0. The Bertz CT molecular complexity index is 3210. The fourth-order valence-corrected chi connectivity index (χ4v) is 11.8. The lowest BCUT2D eigenvalue weighted by atomic mass is 9.33. The molecule has 11 rings (SSSR count). The van der Waals surface area contributed by atoms with Crippen molar-refractivity contribution in [1.29, 1.82) is 0 Å². The van der Waals surface area contributed by atoms with E-state index in [9.17, 15) is 0 Å². The van der Waals surface area contributed by atoms with Crippen LogP contribution in [0.3, 0.4) is 0 Å². The molecule has 2 aliphatic carbocycles. The smallest absolute Gasteiger partial charge is 0.252 e. The van der Waals surface area contributed by atoms with Gasteiger partial charge in [0.2, 0.25) is 0 Å². The molecule has 2 aliphatic heterocycles. The van der Waals surface area contributed by atoms with Gasteiger partial charge in [0.1, 0.15) is 0 Å². The first-order valence-corrected chi connectivity index (χ1v) is 24.7. The van der Waals surface area contributed by atoms with Crippen molar-refractivity contribution in [2.75, 3.05) is 9.80 Å². The van der Waals surface area contributed by atoms with Gasteiger partial charge in [-0.2, -0.15) is 0 Å². The summed E-state index contributed by atoms with van der Waals surface area (Å²) in [6, 6.07) is 56.5. The molecule has 0 radical (unpaired) electrons. The van der Waals surface area contributed by atoms with Gasteiger partial charge in [-0.05, 0) is 157 Å². The molecule has 7 aromatic rings. The molecule has 0 fully saturated rings. The summed E-state index contributed by atoms with van der Waals surface area (Å²) in [5.41, 5.74) is 27.7. The summed E-state index contributed by atoms with van der Waals surface area (Å²) >= 11 is 0. The molecule has 2 nitrogen and oxygen atoms in total. The topological polar surface area (TPSA) is 6.48 Å². The number of rotatable bonds is 4. The van der Waals surface area contributed by atoms with E-state index in [0.29, 0.717) is 0 Å². The molecule has 0 spiro atoms. The van der Waals surface area contributed by atoms with E-state index in [2.05, 4.69) is 245 Å². The molecule has 0 amide bonds. The highest BCUT2D eigenvalue weighted by Crippen LogP contribution is 2.55. The Morgan fingerprint density at radius 2 is 1.09 bits per heavy atom. The second-order valence-corrected chi connectivity index (χ2v) is 23.4. The second-order valence-electron chi connectivity index (χ2n) is 23.4. The Morgan fingerprint density at radius 1 is 0.493 bits per heavy atom. The molecule has 0 saturated heterocycles. The fraction of sp³-hybridized carbons (Fsp3) is 0.281. The van der Waals surface area contributed by atoms with Crippen LogP contribution in [0.1, 0.15) is 128 Å². The molecule has 0 N–H and O–H groups in total. The number of aryl methyl sites for hydroxylation is 1. The van der Waals surface area contributed by atoms with Crippen molar-refractivity contribution in [3.63, 3.8) is 0 Å². The number of fused-ring (bicyclic) bond motifs is 6. The predicted molar refractivity (Wildman–Crippen MR) is 290 cm³/mol. The van der Waals surface area contributed by atoms with Gasteiger partial charge >= 0.3 is 0 Å². The van der Waals surface area contributed by atoms with Crippen molar-refractivity contribution >= 4 is 68.4 Å². The van der Waals surface area contributed by atoms with Crippen molar-refractivity contribution in [3.8, 4) is 11.1 Å². The maximum absolute atomic E-state index is 2.63. The van der Waals surface area contributed by atoms with E-state index >= 15 is 0 Å². The second kappa shape index (κ2) is 15.1. The summed E-state index contributed by atoms with van der Waals surface area (Å²) in [7, 11) is 0. The molecule has 0 unspecified atom stereocenters. The van der Waals surface area contributed by atoms with E-state index in [1.165, 1.54) is 112 Å². The van der Waals surface area contributed by atoms with Gasteiger partial charge in [0, 0.05) is 39.4 Å².